The Labute approximate surface area is 170 Å². The van der Waals surface area contributed by atoms with Crippen LogP contribution in [0.2, 0.25) is 0 Å². The quantitative estimate of drug-likeness (QED) is 0.260. The van der Waals surface area contributed by atoms with Crippen molar-refractivity contribution in [2.75, 3.05) is 19.1 Å². The Morgan fingerprint density at radius 2 is 1.90 bits per heavy atom. The predicted octanol–water partition coefficient (Wildman–Crippen LogP) is 5.15. The zero-order chi connectivity index (χ0) is 20.5. The summed E-state index contributed by atoms with van der Waals surface area (Å²) in [6.45, 7) is 0. The summed E-state index contributed by atoms with van der Waals surface area (Å²) in [5.74, 6) is -0.592. The zero-order valence-electron chi connectivity index (χ0n) is 15.7. The van der Waals surface area contributed by atoms with E-state index in [1.165, 1.54) is 13.2 Å². The average Bonchev–Trinajstić information content (AvgIpc) is 3.37. The molecule has 146 valence electrons. The van der Waals surface area contributed by atoms with Crippen LogP contribution >= 0.6 is 11.3 Å². The molecule has 0 N–H and O–H groups in total. The summed E-state index contributed by atoms with van der Waals surface area (Å²) in [5.41, 5.74) is 3.12. The zero-order valence-corrected chi connectivity index (χ0v) is 16.6. The number of carbonyl (C=O) groups excluding carboxylic acids is 1. The molecule has 2 aromatic heterocycles. The van der Waals surface area contributed by atoms with Gasteiger partial charge in [0.2, 0.25) is 0 Å². The van der Waals surface area contributed by atoms with Crippen molar-refractivity contribution in [3.8, 4) is 5.69 Å². The van der Waals surface area contributed by atoms with E-state index in [1.807, 2.05) is 60.8 Å². The minimum Gasteiger partial charge on any atom is -0.465 e. The highest BCUT2D eigenvalue weighted by Crippen LogP contribution is 2.40. The van der Waals surface area contributed by atoms with E-state index >= 15 is 0 Å². The van der Waals surface area contributed by atoms with Crippen LogP contribution < -0.4 is 4.90 Å². The second-order valence-corrected chi connectivity index (χ2v) is 7.40. The molecule has 4 aromatic rings. The summed E-state index contributed by atoms with van der Waals surface area (Å²) in [7, 11) is 3.00. The number of aromatic nitrogens is 1. The van der Waals surface area contributed by atoms with Crippen molar-refractivity contribution in [1.29, 1.82) is 0 Å². The van der Waals surface area contributed by atoms with Gasteiger partial charge in [-0.3, -0.25) is 10.1 Å². The van der Waals surface area contributed by atoms with Gasteiger partial charge < -0.3 is 14.2 Å². The summed E-state index contributed by atoms with van der Waals surface area (Å²) in [5, 5.41) is 12.5. The first-order valence-electron chi connectivity index (χ1n) is 8.76. The molecule has 0 atom stereocenters. The molecule has 0 saturated carbocycles. The van der Waals surface area contributed by atoms with Crippen molar-refractivity contribution in [2.24, 2.45) is 0 Å². The third-order valence-corrected chi connectivity index (χ3v) is 5.76. The Kier molecular flexibility index (Phi) is 4.77. The molecule has 7 nitrogen and oxygen atoms in total. The molecule has 0 aliphatic rings. The Morgan fingerprint density at radius 1 is 1.14 bits per heavy atom. The number of nitrogens with zero attached hydrogens (tertiary/aromatic N) is 3. The normalized spacial score (nSPS) is 10.8. The summed E-state index contributed by atoms with van der Waals surface area (Å²) < 4.78 is 6.77. The average molecular weight is 407 g/mol. The molecule has 0 fully saturated rings. The Hall–Kier alpha value is -3.65. The van der Waals surface area contributed by atoms with E-state index in [0.29, 0.717) is 5.69 Å². The lowest BCUT2D eigenvalue weighted by Gasteiger charge is -2.18. The molecular weight excluding hydrogens is 390 g/mol. The van der Waals surface area contributed by atoms with Gasteiger partial charge in [-0.1, -0.05) is 35.6 Å². The lowest BCUT2D eigenvalue weighted by atomic mass is 10.2. The van der Waals surface area contributed by atoms with Crippen LogP contribution in [0, 0.1) is 10.1 Å². The van der Waals surface area contributed by atoms with E-state index in [1.54, 1.807) is 11.9 Å². The Morgan fingerprint density at radius 3 is 2.59 bits per heavy atom. The number of methoxy groups -OCH3 is 1. The third kappa shape index (κ3) is 3.34. The third-order valence-electron chi connectivity index (χ3n) is 4.71. The highest BCUT2D eigenvalue weighted by molar-refractivity contribution is 7.17. The minimum atomic E-state index is -0.592. The van der Waals surface area contributed by atoms with Crippen LogP contribution in [0.25, 0.3) is 16.6 Å². The maximum Gasteiger partial charge on any atom is 0.348 e. The predicted molar refractivity (Wildman–Crippen MR) is 114 cm³/mol. The van der Waals surface area contributed by atoms with Crippen molar-refractivity contribution < 1.29 is 14.5 Å². The smallest absolute Gasteiger partial charge is 0.348 e. The molecule has 0 aliphatic heterocycles. The molecule has 0 radical (unpaired) electrons. The van der Waals surface area contributed by atoms with Gasteiger partial charge in [0.1, 0.15) is 10.6 Å². The maximum absolute atomic E-state index is 11.8. The van der Waals surface area contributed by atoms with E-state index in [2.05, 4.69) is 4.57 Å². The molecule has 0 bridgehead atoms. The molecule has 2 heterocycles. The standard InChI is InChI=1S/C21H17N3O4S/c1-22(18-13-19(21(25)28-2)29-20(18)24(26)27)16-9-8-14-10-11-23(17(14)12-16)15-6-4-3-5-7-15/h3-13H,1-2H3. The van der Waals surface area contributed by atoms with Crippen molar-refractivity contribution in [2.45, 2.75) is 0 Å². The van der Waals surface area contributed by atoms with Crippen LogP contribution in [0.15, 0.2) is 66.9 Å². The molecular formula is C21H17N3O4S. The van der Waals surface area contributed by atoms with Crippen LogP contribution in [0.3, 0.4) is 0 Å². The van der Waals surface area contributed by atoms with E-state index in [-0.39, 0.29) is 9.88 Å². The van der Waals surface area contributed by atoms with Crippen molar-refractivity contribution in [3.63, 3.8) is 0 Å². The van der Waals surface area contributed by atoms with Crippen molar-refractivity contribution >= 4 is 44.6 Å². The van der Waals surface area contributed by atoms with Gasteiger partial charge in [-0.25, -0.2) is 4.79 Å². The minimum absolute atomic E-state index is 0.105. The molecule has 0 saturated heterocycles. The summed E-state index contributed by atoms with van der Waals surface area (Å²) in [4.78, 5) is 24.8. The lowest BCUT2D eigenvalue weighted by Crippen LogP contribution is -2.10. The number of rotatable bonds is 5. The van der Waals surface area contributed by atoms with Gasteiger partial charge in [0, 0.05) is 30.0 Å². The first kappa shape index (κ1) is 18.7. The SMILES string of the molecule is COC(=O)c1cc(N(C)c2ccc3ccn(-c4ccccc4)c3c2)c([N+](=O)[O-])s1. The first-order chi connectivity index (χ1) is 14.0. The van der Waals surface area contributed by atoms with E-state index in [9.17, 15) is 14.9 Å². The number of hydrogen-bond acceptors (Lipinski definition) is 6. The van der Waals surface area contributed by atoms with Gasteiger partial charge in [0.05, 0.1) is 17.5 Å². The highest BCUT2D eigenvalue weighted by Gasteiger charge is 2.26. The fraction of sp³-hybridized carbons (Fsp3) is 0.0952. The second-order valence-electron chi connectivity index (χ2n) is 6.37. The summed E-state index contributed by atoms with van der Waals surface area (Å²) in [6, 6.07) is 19.3. The maximum atomic E-state index is 11.8. The fourth-order valence-corrected chi connectivity index (χ4v) is 4.14. The molecule has 2 aromatic carbocycles. The number of anilines is 2. The molecule has 4 rings (SSSR count). The number of hydrogen-bond donors (Lipinski definition) is 0. The molecule has 8 heteroatoms. The summed E-state index contributed by atoms with van der Waals surface area (Å²) in [6.07, 6.45) is 1.99. The number of para-hydroxylation sites is 1. The van der Waals surface area contributed by atoms with Gasteiger partial charge in [0.15, 0.2) is 0 Å². The number of benzene rings is 2. The number of fused-ring (bicyclic) bond motifs is 1. The van der Waals surface area contributed by atoms with Gasteiger partial charge in [-0.2, -0.15) is 0 Å². The number of ether oxygens (including phenoxy) is 1. The van der Waals surface area contributed by atoms with Crippen LogP contribution in [0.1, 0.15) is 9.67 Å². The number of thiophene rings is 1. The van der Waals surface area contributed by atoms with Crippen LogP contribution in [-0.2, 0) is 4.74 Å². The molecule has 29 heavy (non-hydrogen) atoms. The fourth-order valence-electron chi connectivity index (χ4n) is 3.22. The van der Waals surface area contributed by atoms with Crippen LogP contribution in [0.5, 0.6) is 0 Å². The topological polar surface area (TPSA) is 77.6 Å². The monoisotopic (exact) mass is 407 g/mol. The van der Waals surface area contributed by atoms with Gasteiger partial charge >= 0.3 is 11.0 Å². The van der Waals surface area contributed by atoms with Crippen LogP contribution in [-0.4, -0.2) is 29.6 Å². The summed E-state index contributed by atoms with van der Waals surface area (Å²) >= 11 is 0.808. The Bertz CT molecular complexity index is 1210. The van der Waals surface area contributed by atoms with Crippen molar-refractivity contribution in [3.05, 3.63) is 81.9 Å². The number of esters is 1. The van der Waals surface area contributed by atoms with Gasteiger partial charge in [0.25, 0.3) is 0 Å². The van der Waals surface area contributed by atoms with Gasteiger partial charge in [-0.15, -0.1) is 0 Å². The molecule has 0 amide bonds. The highest BCUT2D eigenvalue weighted by atomic mass is 32.1. The number of carbonyl (C=O) groups is 1. The second kappa shape index (κ2) is 7.40. The first-order valence-corrected chi connectivity index (χ1v) is 9.58. The van der Waals surface area contributed by atoms with E-state index in [0.717, 1.165) is 33.6 Å². The largest absolute Gasteiger partial charge is 0.465 e. The number of nitro groups is 1. The molecule has 0 aliphatic carbocycles. The molecule has 0 unspecified atom stereocenters. The lowest BCUT2D eigenvalue weighted by molar-refractivity contribution is -0.379. The Balaban J connectivity index is 1.80. The van der Waals surface area contributed by atoms with Gasteiger partial charge in [-0.05, 0) is 36.4 Å². The van der Waals surface area contributed by atoms with Crippen LogP contribution in [0.4, 0.5) is 16.4 Å². The van der Waals surface area contributed by atoms with E-state index < -0.39 is 10.9 Å². The van der Waals surface area contributed by atoms with E-state index in [4.69, 9.17) is 4.74 Å². The van der Waals surface area contributed by atoms with Crippen molar-refractivity contribution in [1.82, 2.24) is 4.57 Å². The molecule has 0 spiro atoms.